The summed E-state index contributed by atoms with van der Waals surface area (Å²) in [6, 6.07) is 0.650. The first kappa shape index (κ1) is 24.6. The maximum atomic E-state index is 12.7. The predicted molar refractivity (Wildman–Crippen MR) is 129 cm³/mol. The third-order valence-electron chi connectivity index (χ3n) is 4.80. The number of nitrogen functional groups attached to an aromatic ring is 3. The molecule has 2 unspecified atom stereocenters. The van der Waals surface area contributed by atoms with Crippen molar-refractivity contribution in [2.75, 3.05) is 28.8 Å². The Hall–Kier alpha value is -3.57. The predicted octanol–water partition coefficient (Wildman–Crippen LogP) is -1.26. The number of nitrogens with one attached hydrogen (secondary N) is 1. The van der Waals surface area contributed by atoms with Crippen LogP contribution in [0.2, 0.25) is 0 Å². The van der Waals surface area contributed by atoms with Crippen molar-refractivity contribution in [3.8, 4) is 0 Å². The Morgan fingerprint density at radius 2 is 2.23 bits per heavy atom. The number of hydrogen-bond acceptors (Lipinski definition) is 13. The first-order valence-corrected chi connectivity index (χ1v) is 12.8. The van der Waals surface area contributed by atoms with Crippen molar-refractivity contribution in [2.45, 2.75) is 23.2 Å². The molecule has 0 radical (unpaired) electrons. The second-order valence-corrected chi connectivity index (χ2v) is 10.1. The Labute approximate surface area is 210 Å². The van der Waals surface area contributed by atoms with Crippen LogP contribution in [0.1, 0.15) is 5.69 Å². The number of aromatic nitrogens is 3. The van der Waals surface area contributed by atoms with Gasteiger partial charge in [0.15, 0.2) is 11.7 Å². The Kier molecular flexibility index (Phi) is 7.27. The molecule has 0 aromatic carbocycles. The molecule has 2 amide bonds. The van der Waals surface area contributed by atoms with Crippen molar-refractivity contribution < 1.29 is 29.0 Å². The highest BCUT2D eigenvalue weighted by Crippen LogP contribution is 2.41. The number of carbonyl (C=O) groups excluding carboxylic acids is 2. The Morgan fingerprint density at radius 3 is 2.94 bits per heavy atom. The number of thioether (sulfide) groups is 2. The zero-order chi connectivity index (χ0) is 25.1. The van der Waals surface area contributed by atoms with E-state index >= 15 is 0 Å². The van der Waals surface area contributed by atoms with Crippen LogP contribution in [-0.2, 0) is 25.8 Å². The monoisotopic (exact) mass is 538 g/mol. The van der Waals surface area contributed by atoms with Crippen molar-refractivity contribution in [1.82, 2.24) is 20.2 Å². The molecule has 0 spiro atoms. The number of fused-ring (bicyclic) bond motifs is 1. The number of oxime groups is 1. The van der Waals surface area contributed by atoms with Gasteiger partial charge in [-0.3, -0.25) is 20.3 Å². The smallest absolute Gasteiger partial charge is 0.384 e. The Balaban J connectivity index is 1.36. The summed E-state index contributed by atoms with van der Waals surface area (Å²) in [5.74, 6) is 4.28. The second-order valence-electron chi connectivity index (χ2n) is 7.17. The summed E-state index contributed by atoms with van der Waals surface area (Å²) in [6.45, 7) is 0.0366. The molecule has 0 saturated carbocycles. The lowest BCUT2D eigenvalue weighted by Crippen LogP contribution is -2.70. The van der Waals surface area contributed by atoms with Gasteiger partial charge in [-0.2, -0.15) is 0 Å². The lowest BCUT2D eigenvalue weighted by atomic mass is 10.0. The van der Waals surface area contributed by atoms with Crippen LogP contribution in [0.25, 0.3) is 0 Å². The maximum Gasteiger partial charge on any atom is 0.384 e. The van der Waals surface area contributed by atoms with E-state index < -0.39 is 29.2 Å². The van der Waals surface area contributed by atoms with Crippen LogP contribution in [0, 0.1) is 0 Å². The highest BCUT2D eigenvalue weighted by molar-refractivity contribution is 8.01. The first-order chi connectivity index (χ1) is 16.7. The fourth-order valence-electron chi connectivity index (χ4n) is 3.25. The largest absolute Gasteiger partial charge is 0.477 e. The van der Waals surface area contributed by atoms with Crippen LogP contribution in [-0.4, -0.2) is 66.9 Å². The van der Waals surface area contributed by atoms with Crippen LogP contribution in [0.3, 0.4) is 0 Å². The SMILES string of the molecule is Nc1cc[n+](N)c(SCC2=C(C(=O)O)N3C(=O)C(NC(=O)/C=N\OCc4csc(N)n4)C3SC2)n1. The third-order valence-corrected chi connectivity index (χ3v) is 7.92. The molecule has 2 atom stereocenters. The molecule has 2 aromatic rings. The van der Waals surface area contributed by atoms with E-state index in [4.69, 9.17) is 22.1 Å². The number of β-lactam (4-membered cyclic amide) rings is 1. The normalized spacial score (nSPS) is 19.4. The van der Waals surface area contributed by atoms with Gasteiger partial charge in [-0.05, 0) is 22.3 Å². The molecule has 1 fully saturated rings. The number of nitrogens with zero attached hydrogens (tertiary/aromatic N) is 5. The number of anilines is 2. The van der Waals surface area contributed by atoms with E-state index in [1.165, 1.54) is 56.7 Å². The van der Waals surface area contributed by atoms with Crippen molar-refractivity contribution in [2.24, 2.45) is 5.16 Å². The summed E-state index contributed by atoms with van der Waals surface area (Å²) >= 11 is 3.80. The summed E-state index contributed by atoms with van der Waals surface area (Å²) < 4.78 is 1.28. The fourth-order valence-corrected chi connectivity index (χ4v) is 6.19. The zero-order valence-corrected chi connectivity index (χ0v) is 20.3. The van der Waals surface area contributed by atoms with Gasteiger partial charge < -0.3 is 26.7 Å². The minimum absolute atomic E-state index is 0.0366. The first-order valence-electron chi connectivity index (χ1n) is 9.86. The standard InChI is InChI=1S/C18H19N9O5S3/c19-10-1-2-26(21)18(24-10)35-6-8-5-33-15-12(14(29)27(15)13(8)16(30)31)25-11(28)3-22-32-4-9-7-34-17(20)23-9/h1-3,7,12,15,19H,4-6,21H2,(H4,20,23,25,28,30,31)/p+1/b22-3-. The van der Waals surface area contributed by atoms with Gasteiger partial charge in [-0.15, -0.1) is 27.8 Å². The third kappa shape index (κ3) is 5.41. The summed E-state index contributed by atoms with van der Waals surface area (Å²) in [7, 11) is 0. The number of amides is 2. The molecular formula is C18H20N9O5S3+. The molecule has 4 rings (SSSR count). The van der Waals surface area contributed by atoms with Crippen LogP contribution < -0.4 is 27.3 Å². The van der Waals surface area contributed by atoms with Gasteiger partial charge in [0.2, 0.25) is 5.82 Å². The van der Waals surface area contributed by atoms with E-state index in [-0.39, 0.29) is 23.9 Å². The molecular weight excluding hydrogens is 518 g/mol. The molecule has 14 nitrogen and oxygen atoms in total. The summed E-state index contributed by atoms with van der Waals surface area (Å²) in [5.41, 5.74) is 12.2. The topological polar surface area (TPSA) is 216 Å². The van der Waals surface area contributed by atoms with Crippen LogP contribution in [0.5, 0.6) is 0 Å². The zero-order valence-electron chi connectivity index (χ0n) is 17.9. The van der Waals surface area contributed by atoms with Gasteiger partial charge in [0.05, 0.1) is 5.69 Å². The van der Waals surface area contributed by atoms with Gasteiger partial charge in [0.1, 0.15) is 29.5 Å². The summed E-state index contributed by atoms with van der Waals surface area (Å²) in [5, 5.41) is 17.8. The van der Waals surface area contributed by atoms with E-state index in [1.54, 1.807) is 5.38 Å². The molecule has 35 heavy (non-hydrogen) atoms. The van der Waals surface area contributed by atoms with Crippen LogP contribution in [0.15, 0.2) is 39.2 Å². The number of hydrogen-bond donors (Lipinski definition) is 5. The molecule has 0 aliphatic carbocycles. The average molecular weight is 539 g/mol. The van der Waals surface area contributed by atoms with Gasteiger partial charge in [-0.1, -0.05) is 5.16 Å². The van der Waals surface area contributed by atoms with E-state index in [2.05, 4.69) is 20.4 Å². The Bertz CT molecular complexity index is 1230. The Morgan fingerprint density at radius 1 is 1.43 bits per heavy atom. The highest BCUT2D eigenvalue weighted by Gasteiger charge is 2.54. The molecule has 8 N–H and O–H groups in total. The molecule has 0 bridgehead atoms. The number of nitrogens with two attached hydrogens (primary N) is 3. The van der Waals surface area contributed by atoms with Crippen molar-refractivity contribution in [3.63, 3.8) is 0 Å². The van der Waals surface area contributed by atoms with Crippen LogP contribution >= 0.6 is 34.9 Å². The van der Waals surface area contributed by atoms with E-state index in [1.807, 2.05) is 0 Å². The molecule has 2 aliphatic heterocycles. The maximum absolute atomic E-state index is 12.7. The number of carboxylic acids is 1. The van der Waals surface area contributed by atoms with Crippen molar-refractivity contribution in [3.05, 3.63) is 34.6 Å². The van der Waals surface area contributed by atoms with Gasteiger partial charge in [-0.25, -0.2) is 9.78 Å². The number of carboxylic acid groups (broad SMARTS) is 1. The van der Waals surface area contributed by atoms with E-state index in [9.17, 15) is 19.5 Å². The highest BCUT2D eigenvalue weighted by atomic mass is 32.2. The second kappa shape index (κ2) is 10.4. The minimum Gasteiger partial charge on any atom is -0.477 e. The van der Waals surface area contributed by atoms with Crippen molar-refractivity contribution >= 4 is 69.8 Å². The molecule has 2 aliphatic rings. The average Bonchev–Trinajstić information content (AvgIpc) is 3.24. The van der Waals surface area contributed by atoms with Gasteiger partial charge >= 0.3 is 11.1 Å². The van der Waals surface area contributed by atoms with Crippen LogP contribution in [0.4, 0.5) is 10.9 Å². The fraction of sp³-hybridized carbons (Fsp3) is 0.278. The minimum atomic E-state index is -1.23. The van der Waals surface area contributed by atoms with Crippen molar-refractivity contribution in [1.29, 1.82) is 0 Å². The van der Waals surface area contributed by atoms with Gasteiger partial charge in [0.25, 0.3) is 11.8 Å². The number of rotatable bonds is 9. The molecule has 2 aromatic heterocycles. The molecule has 184 valence electrons. The molecule has 1 saturated heterocycles. The van der Waals surface area contributed by atoms with Gasteiger partial charge in [0, 0.05) is 23.0 Å². The lowest BCUT2D eigenvalue weighted by molar-refractivity contribution is -0.682. The summed E-state index contributed by atoms with van der Waals surface area (Å²) in [6.07, 6.45) is 2.44. The lowest BCUT2D eigenvalue weighted by Gasteiger charge is -2.49. The van der Waals surface area contributed by atoms with E-state index in [0.29, 0.717) is 27.3 Å². The summed E-state index contributed by atoms with van der Waals surface area (Å²) in [4.78, 5) is 51.2. The molecule has 17 heteroatoms. The quantitative estimate of drug-likeness (QED) is 0.0481. The number of aliphatic carboxylic acids is 1. The molecule has 4 heterocycles. The van der Waals surface area contributed by atoms with E-state index in [0.717, 1.165) is 6.21 Å². The number of carbonyl (C=O) groups is 3. The number of thiazole rings is 1.